The maximum Gasteiger partial charge on any atom is 0.143 e. The fraction of sp³-hybridized carbons (Fsp3) is 0.143. The zero-order valence-corrected chi connectivity index (χ0v) is 7.41. The molecular weight excluding hydrogens is 185 g/mol. The number of anilines is 1. The Labute approximate surface area is 74.9 Å². The van der Waals surface area contributed by atoms with Gasteiger partial charge in [-0.2, -0.15) is 0 Å². The van der Waals surface area contributed by atoms with Crippen LogP contribution in [-0.4, -0.2) is 7.11 Å². The number of nitrogens with two attached hydrogens (primary N) is 1. The summed E-state index contributed by atoms with van der Waals surface area (Å²) in [6, 6.07) is 3.14. The monoisotopic (exact) mass is 191 g/mol. The molecule has 0 saturated carbocycles. The molecule has 0 atom stereocenters. The molecule has 0 radical (unpaired) electrons. The van der Waals surface area contributed by atoms with E-state index < -0.39 is 0 Å². The number of hydrogen-bond donors (Lipinski definition) is 1. The van der Waals surface area contributed by atoms with Gasteiger partial charge in [0.2, 0.25) is 0 Å². The van der Waals surface area contributed by atoms with Gasteiger partial charge in [0, 0.05) is 6.07 Å². The maximum atomic E-state index is 5.70. The van der Waals surface area contributed by atoms with Crippen molar-refractivity contribution in [2.45, 2.75) is 0 Å². The molecule has 0 bridgehead atoms. The van der Waals surface area contributed by atoms with Crippen LogP contribution < -0.4 is 10.5 Å². The molecule has 0 aliphatic heterocycles. The lowest BCUT2D eigenvalue weighted by Gasteiger charge is -2.04. The fourth-order valence-corrected chi connectivity index (χ4v) is 1.05. The highest BCUT2D eigenvalue weighted by molar-refractivity contribution is 6.42. The van der Waals surface area contributed by atoms with Crippen molar-refractivity contribution < 1.29 is 4.74 Å². The second kappa shape index (κ2) is 3.20. The lowest BCUT2D eigenvalue weighted by molar-refractivity contribution is 0.417. The molecule has 0 spiro atoms. The Bertz CT molecular complexity index is 275. The van der Waals surface area contributed by atoms with Crippen molar-refractivity contribution in [3.8, 4) is 5.75 Å². The van der Waals surface area contributed by atoms with E-state index in [1.165, 1.54) is 7.11 Å². The maximum absolute atomic E-state index is 5.70. The summed E-state index contributed by atoms with van der Waals surface area (Å²) in [5, 5.41) is 0.877. The van der Waals surface area contributed by atoms with E-state index in [0.717, 1.165) is 0 Å². The van der Waals surface area contributed by atoms with E-state index >= 15 is 0 Å². The smallest absolute Gasteiger partial charge is 0.143 e. The fourth-order valence-electron chi connectivity index (χ4n) is 0.721. The van der Waals surface area contributed by atoms with Gasteiger partial charge in [0.15, 0.2) is 0 Å². The Morgan fingerprint density at radius 2 is 1.82 bits per heavy atom. The molecule has 60 valence electrons. The molecule has 2 N–H and O–H groups in total. The summed E-state index contributed by atoms with van der Waals surface area (Å²) >= 11 is 11.4. The second-order valence-electron chi connectivity index (χ2n) is 2.01. The van der Waals surface area contributed by atoms with Crippen molar-refractivity contribution in [3.63, 3.8) is 0 Å². The number of halogens is 2. The highest BCUT2D eigenvalue weighted by Crippen LogP contribution is 2.31. The minimum absolute atomic E-state index is 0.435. The molecular formula is C7H7Cl2NO. The molecule has 0 unspecified atom stereocenters. The van der Waals surface area contributed by atoms with Crippen molar-refractivity contribution in [2.75, 3.05) is 12.8 Å². The zero-order valence-electron chi connectivity index (χ0n) is 5.90. The first-order valence-corrected chi connectivity index (χ1v) is 3.69. The minimum atomic E-state index is 0.435. The van der Waals surface area contributed by atoms with Crippen LogP contribution in [0.25, 0.3) is 0 Å². The molecule has 1 rings (SSSR count). The van der Waals surface area contributed by atoms with Gasteiger partial charge in [0.25, 0.3) is 0 Å². The van der Waals surface area contributed by atoms with Gasteiger partial charge in [0.1, 0.15) is 5.75 Å². The molecule has 1 aromatic rings. The van der Waals surface area contributed by atoms with Gasteiger partial charge in [-0.1, -0.05) is 23.2 Å². The Kier molecular flexibility index (Phi) is 2.47. The van der Waals surface area contributed by atoms with Crippen molar-refractivity contribution in [1.82, 2.24) is 0 Å². The van der Waals surface area contributed by atoms with Crippen LogP contribution in [0.2, 0.25) is 10.0 Å². The van der Waals surface area contributed by atoms with Crippen LogP contribution in [-0.2, 0) is 0 Å². The first-order chi connectivity index (χ1) is 5.15. The van der Waals surface area contributed by atoms with E-state index in [0.29, 0.717) is 21.5 Å². The summed E-state index contributed by atoms with van der Waals surface area (Å²) in [5.74, 6) is 0.541. The predicted octanol–water partition coefficient (Wildman–Crippen LogP) is 2.58. The average molecular weight is 192 g/mol. The minimum Gasteiger partial charge on any atom is -0.495 e. The van der Waals surface area contributed by atoms with Gasteiger partial charge in [-0.05, 0) is 6.07 Å². The molecule has 0 amide bonds. The Morgan fingerprint density at radius 1 is 1.27 bits per heavy atom. The van der Waals surface area contributed by atoms with Crippen molar-refractivity contribution in [1.29, 1.82) is 0 Å². The molecule has 0 aliphatic carbocycles. The lowest BCUT2D eigenvalue weighted by atomic mass is 10.3. The highest BCUT2D eigenvalue weighted by atomic mass is 35.5. The summed E-state index contributed by atoms with van der Waals surface area (Å²) in [7, 11) is 1.52. The van der Waals surface area contributed by atoms with E-state index in [2.05, 4.69) is 0 Å². The van der Waals surface area contributed by atoms with Crippen molar-refractivity contribution in [2.24, 2.45) is 0 Å². The van der Waals surface area contributed by atoms with Gasteiger partial charge < -0.3 is 10.5 Å². The molecule has 0 aliphatic rings. The van der Waals surface area contributed by atoms with Gasteiger partial charge in [-0.3, -0.25) is 0 Å². The second-order valence-corrected chi connectivity index (χ2v) is 2.82. The Morgan fingerprint density at radius 3 is 2.36 bits per heavy atom. The van der Waals surface area contributed by atoms with Crippen molar-refractivity contribution >= 4 is 28.9 Å². The molecule has 1 aromatic carbocycles. The summed E-state index contributed by atoms with van der Waals surface area (Å²) in [6.45, 7) is 0. The first-order valence-electron chi connectivity index (χ1n) is 2.93. The van der Waals surface area contributed by atoms with Gasteiger partial charge in [0.05, 0.1) is 22.8 Å². The molecule has 0 saturated heterocycles. The number of benzene rings is 1. The first kappa shape index (κ1) is 8.50. The number of rotatable bonds is 1. The summed E-state index contributed by atoms with van der Waals surface area (Å²) < 4.78 is 4.91. The van der Waals surface area contributed by atoms with Crippen LogP contribution in [0.1, 0.15) is 0 Å². The average Bonchev–Trinajstić information content (AvgIpc) is 1.97. The van der Waals surface area contributed by atoms with Gasteiger partial charge in [-0.15, -0.1) is 0 Å². The summed E-state index contributed by atoms with van der Waals surface area (Å²) in [4.78, 5) is 0. The number of ether oxygens (including phenoxy) is 1. The van der Waals surface area contributed by atoms with Crippen molar-refractivity contribution in [3.05, 3.63) is 22.2 Å². The van der Waals surface area contributed by atoms with Crippen LogP contribution in [0.5, 0.6) is 5.75 Å². The van der Waals surface area contributed by atoms with Gasteiger partial charge >= 0.3 is 0 Å². The van der Waals surface area contributed by atoms with Gasteiger partial charge in [-0.25, -0.2) is 0 Å². The SMILES string of the molecule is COc1cc(Cl)c(Cl)cc1N. The van der Waals surface area contributed by atoms with Crippen LogP contribution in [0.4, 0.5) is 5.69 Å². The third kappa shape index (κ3) is 1.70. The topological polar surface area (TPSA) is 35.2 Å². The molecule has 4 heteroatoms. The van der Waals surface area contributed by atoms with Crippen LogP contribution in [0, 0.1) is 0 Å². The summed E-state index contributed by atoms with van der Waals surface area (Å²) in [5.41, 5.74) is 6.02. The normalized spacial score (nSPS) is 9.73. The van der Waals surface area contributed by atoms with Crippen LogP contribution >= 0.6 is 23.2 Å². The van der Waals surface area contributed by atoms with E-state index in [4.69, 9.17) is 33.7 Å². The Balaban J connectivity index is 3.21. The third-order valence-corrected chi connectivity index (χ3v) is 1.99. The zero-order chi connectivity index (χ0) is 8.43. The lowest BCUT2D eigenvalue weighted by Crippen LogP contribution is -1.91. The molecule has 0 aromatic heterocycles. The van der Waals surface area contributed by atoms with Crippen LogP contribution in [0.15, 0.2) is 12.1 Å². The van der Waals surface area contributed by atoms with E-state index in [-0.39, 0.29) is 0 Å². The Hall–Kier alpha value is -0.600. The van der Waals surface area contributed by atoms with E-state index in [1.54, 1.807) is 12.1 Å². The number of methoxy groups -OCH3 is 1. The number of hydrogen-bond acceptors (Lipinski definition) is 2. The van der Waals surface area contributed by atoms with E-state index in [9.17, 15) is 0 Å². The summed E-state index contributed by atoms with van der Waals surface area (Å²) in [6.07, 6.45) is 0. The quantitative estimate of drug-likeness (QED) is 0.694. The van der Waals surface area contributed by atoms with Crippen LogP contribution in [0.3, 0.4) is 0 Å². The standard InChI is InChI=1S/C7H7Cl2NO/c1-11-7-3-5(9)4(8)2-6(7)10/h2-3H,10H2,1H3. The highest BCUT2D eigenvalue weighted by Gasteiger charge is 2.03. The molecule has 0 heterocycles. The molecule has 2 nitrogen and oxygen atoms in total. The number of nitrogen functional groups attached to an aromatic ring is 1. The largest absolute Gasteiger partial charge is 0.495 e. The molecule has 11 heavy (non-hydrogen) atoms. The van der Waals surface area contributed by atoms with E-state index in [1.807, 2.05) is 0 Å². The molecule has 0 fully saturated rings. The third-order valence-electron chi connectivity index (χ3n) is 1.27. The predicted molar refractivity (Wildman–Crippen MR) is 47.4 cm³/mol.